The van der Waals surface area contributed by atoms with Crippen LogP contribution in [0.3, 0.4) is 0 Å². The van der Waals surface area contributed by atoms with E-state index in [0.717, 1.165) is 0 Å². The summed E-state index contributed by atoms with van der Waals surface area (Å²) in [6.07, 6.45) is 0. The van der Waals surface area contributed by atoms with Crippen LogP contribution in [-0.2, 0) is 10.0 Å². The lowest BCUT2D eigenvalue weighted by atomic mass is 10.3. The highest BCUT2D eigenvalue weighted by Gasteiger charge is 2.19. The number of carbonyl (C=O) groups is 1. The fraction of sp³-hybridized carbons (Fsp3) is 0.0833. The van der Waals surface area contributed by atoms with Gasteiger partial charge in [0, 0.05) is 0 Å². The Morgan fingerprint density at radius 1 is 1.33 bits per heavy atom. The van der Waals surface area contributed by atoms with Gasteiger partial charge in [0.1, 0.15) is 14.8 Å². The van der Waals surface area contributed by atoms with Crippen molar-refractivity contribution in [2.24, 2.45) is 0 Å². The molecule has 6 nitrogen and oxygen atoms in total. The number of rotatable bonds is 5. The zero-order valence-electron chi connectivity index (χ0n) is 10.7. The van der Waals surface area contributed by atoms with Gasteiger partial charge in [-0.15, -0.1) is 11.3 Å². The molecule has 0 spiro atoms. The van der Waals surface area contributed by atoms with E-state index in [0.29, 0.717) is 27.2 Å². The van der Waals surface area contributed by atoms with Crippen molar-refractivity contribution in [3.8, 4) is 5.75 Å². The number of methoxy groups -OCH3 is 1. The number of carboxylic acids is 1. The third kappa shape index (κ3) is 3.55. The monoisotopic (exact) mass is 391 g/mol. The van der Waals surface area contributed by atoms with E-state index >= 15 is 0 Å². The number of carboxylic acid groups (broad SMARTS) is 1. The highest BCUT2D eigenvalue weighted by molar-refractivity contribution is 9.10. The van der Waals surface area contributed by atoms with Crippen molar-refractivity contribution in [3.05, 3.63) is 39.7 Å². The number of sulfonamides is 1. The number of thiophene rings is 1. The van der Waals surface area contributed by atoms with Crippen molar-refractivity contribution in [3.63, 3.8) is 0 Å². The molecule has 0 amide bonds. The third-order valence-corrected chi connectivity index (χ3v) is 6.03. The van der Waals surface area contributed by atoms with E-state index < -0.39 is 16.0 Å². The summed E-state index contributed by atoms with van der Waals surface area (Å²) >= 11 is 3.95. The SMILES string of the molecule is COc1ccc(NS(=O)(=O)c2ccc(C(=O)O)s2)cc1Br. The number of aromatic carboxylic acids is 1. The quantitative estimate of drug-likeness (QED) is 0.816. The predicted octanol–water partition coefficient (Wildman–Crippen LogP) is 3.02. The van der Waals surface area contributed by atoms with E-state index in [9.17, 15) is 13.2 Å². The fourth-order valence-electron chi connectivity index (χ4n) is 1.51. The molecule has 9 heteroatoms. The molecule has 0 aliphatic carbocycles. The number of ether oxygens (including phenoxy) is 1. The van der Waals surface area contributed by atoms with Crippen molar-refractivity contribution in [2.45, 2.75) is 4.21 Å². The molecule has 2 rings (SSSR count). The van der Waals surface area contributed by atoms with Crippen LogP contribution < -0.4 is 9.46 Å². The molecule has 2 N–H and O–H groups in total. The molecule has 0 atom stereocenters. The minimum atomic E-state index is -3.82. The van der Waals surface area contributed by atoms with Crippen LogP contribution in [0.15, 0.2) is 39.0 Å². The summed E-state index contributed by atoms with van der Waals surface area (Å²) < 4.78 is 32.3. The maximum Gasteiger partial charge on any atom is 0.345 e. The molecule has 0 aliphatic rings. The minimum Gasteiger partial charge on any atom is -0.496 e. The smallest absolute Gasteiger partial charge is 0.345 e. The number of hydrogen-bond donors (Lipinski definition) is 2. The van der Waals surface area contributed by atoms with Gasteiger partial charge in [0.2, 0.25) is 0 Å². The Morgan fingerprint density at radius 3 is 2.57 bits per heavy atom. The molecule has 1 aromatic heterocycles. The third-order valence-electron chi connectivity index (χ3n) is 2.46. The summed E-state index contributed by atoms with van der Waals surface area (Å²) in [5.74, 6) is -0.587. The van der Waals surface area contributed by atoms with Crippen LogP contribution in [-0.4, -0.2) is 26.6 Å². The molecule has 112 valence electrons. The van der Waals surface area contributed by atoms with Gasteiger partial charge in [-0.1, -0.05) is 0 Å². The Hall–Kier alpha value is -1.58. The summed E-state index contributed by atoms with van der Waals surface area (Å²) in [6, 6.07) is 7.23. The summed E-state index contributed by atoms with van der Waals surface area (Å²) in [5, 5.41) is 8.82. The second-order valence-electron chi connectivity index (χ2n) is 3.88. The van der Waals surface area contributed by atoms with Gasteiger partial charge in [0.25, 0.3) is 10.0 Å². The molecule has 0 fully saturated rings. The maximum atomic E-state index is 12.2. The van der Waals surface area contributed by atoms with Crippen LogP contribution in [0.5, 0.6) is 5.75 Å². The molecule has 0 bridgehead atoms. The maximum absolute atomic E-state index is 12.2. The lowest BCUT2D eigenvalue weighted by Crippen LogP contribution is -2.11. The molecule has 1 aromatic carbocycles. The average molecular weight is 392 g/mol. The Balaban J connectivity index is 2.28. The standard InChI is InChI=1S/C12H10BrNO5S2/c1-19-9-3-2-7(6-8(9)13)14-21(17,18)11-5-4-10(20-11)12(15)16/h2-6,14H,1H3,(H,15,16). The van der Waals surface area contributed by atoms with Crippen LogP contribution in [0.25, 0.3) is 0 Å². The van der Waals surface area contributed by atoms with Crippen LogP contribution in [0.2, 0.25) is 0 Å². The van der Waals surface area contributed by atoms with Gasteiger partial charge in [-0.2, -0.15) is 0 Å². The molecule has 0 unspecified atom stereocenters. The Morgan fingerprint density at radius 2 is 2.05 bits per heavy atom. The van der Waals surface area contributed by atoms with Crippen LogP contribution in [0.1, 0.15) is 9.67 Å². The number of anilines is 1. The van der Waals surface area contributed by atoms with Crippen molar-refractivity contribution in [1.82, 2.24) is 0 Å². The largest absolute Gasteiger partial charge is 0.496 e. The van der Waals surface area contributed by atoms with Crippen molar-refractivity contribution < 1.29 is 23.1 Å². The summed E-state index contributed by atoms with van der Waals surface area (Å²) in [6.45, 7) is 0. The number of hydrogen-bond acceptors (Lipinski definition) is 5. The van der Waals surface area contributed by atoms with Crippen LogP contribution in [0, 0.1) is 0 Å². The van der Waals surface area contributed by atoms with E-state index in [1.54, 1.807) is 18.2 Å². The predicted molar refractivity (Wildman–Crippen MR) is 82.8 cm³/mol. The summed E-state index contributed by atoms with van der Waals surface area (Å²) in [5.41, 5.74) is 0.341. The molecule has 1 heterocycles. The van der Waals surface area contributed by atoms with Gasteiger partial charge in [0.05, 0.1) is 17.3 Å². The number of halogens is 1. The van der Waals surface area contributed by atoms with Crippen LogP contribution >= 0.6 is 27.3 Å². The van der Waals surface area contributed by atoms with E-state index in [1.165, 1.54) is 19.2 Å². The van der Waals surface area contributed by atoms with Crippen molar-refractivity contribution in [1.29, 1.82) is 0 Å². The lowest BCUT2D eigenvalue weighted by Gasteiger charge is -2.08. The van der Waals surface area contributed by atoms with Gasteiger partial charge in [-0.25, -0.2) is 13.2 Å². The van der Waals surface area contributed by atoms with E-state index in [-0.39, 0.29) is 9.09 Å². The highest BCUT2D eigenvalue weighted by Crippen LogP contribution is 2.30. The first-order valence-electron chi connectivity index (χ1n) is 5.53. The summed E-state index contributed by atoms with van der Waals surface area (Å²) in [4.78, 5) is 10.8. The minimum absolute atomic E-state index is 0.0358. The average Bonchev–Trinajstić information content (AvgIpc) is 2.89. The molecule has 0 saturated heterocycles. The van der Waals surface area contributed by atoms with Gasteiger partial charge in [-0.3, -0.25) is 4.72 Å². The van der Waals surface area contributed by atoms with Gasteiger partial charge in [-0.05, 0) is 46.3 Å². The number of benzene rings is 1. The molecule has 0 radical (unpaired) electrons. The molecule has 21 heavy (non-hydrogen) atoms. The van der Waals surface area contributed by atoms with Gasteiger partial charge >= 0.3 is 5.97 Å². The first kappa shape index (κ1) is 15.8. The molecular weight excluding hydrogens is 382 g/mol. The second kappa shape index (κ2) is 6.04. The van der Waals surface area contributed by atoms with Crippen molar-refractivity contribution >= 4 is 48.9 Å². The highest BCUT2D eigenvalue weighted by atomic mass is 79.9. The van der Waals surface area contributed by atoms with Gasteiger partial charge in [0.15, 0.2) is 0 Å². The first-order chi connectivity index (χ1) is 9.83. The van der Waals surface area contributed by atoms with E-state index in [2.05, 4.69) is 20.7 Å². The second-order valence-corrected chi connectivity index (χ2v) is 7.73. The van der Waals surface area contributed by atoms with Crippen LogP contribution in [0.4, 0.5) is 5.69 Å². The fourth-order valence-corrected chi connectivity index (χ4v) is 4.25. The van der Waals surface area contributed by atoms with Crippen molar-refractivity contribution in [2.75, 3.05) is 11.8 Å². The molecule has 0 saturated carbocycles. The van der Waals surface area contributed by atoms with Gasteiger partial charge < -0.3 is 9.84 Å². The van der Waals surface area contributed by atoms with E-state index in [4.69, 9.17) is 9.84 Å². The summed E-state index contributed by atoms with van der Waals surface area (Å²) in [7, 11) is -2.32. The Bertz CT molecular complexity index is 785. The zero-order valence-corrected chi connectivity index (χ0v) is 13.9. The lowest BCUT2D eigenvalue weighted by molar-refractivity contribution is 0.0702. The Labute approximate surface area is 133 Å². The molecule has 2 aromatic rings. The number of nitrogens with one attached hydrogen (secondary N) is 1. The zero-order chi connectivity index (χ0) is 15.6. The van der Waals surface area contributed by atoms with E-state index in [1.807, 2.05) is 0 Å². The normalized spacial score (nSPS) is 11.1. The topological polar surface area (TPSA) is 92.7 Å². The first-order valence-corrected chi connectivity index (χ1v) is 8.62. The molecule has 0 aliphatic heterocycles. The Kier molecular flexibility index (Phi) is 4.55. The molecular formula is C12H10BrNO5S2.